The molecule has 0 amide bonds. The molecule has 2 rings (SSSR count). The van der Waals surface area contributed by atoms with Gasteiger partial charge in [-0.3, -0.25) is 9.55 Å². The van der Waals surface area contributed by atoms with Crippen LogP contribution in [0.1, 0.15) is 18.1 Å². The second-order valence-electron chi connectivity index (χ2n) is 6.82. The third kappa shape index (κ3) is 5.27. The van der Waals surface area contributed by atoms with Gasteiger partial charge in [0.1, 0.15) is 32.7 Å². The van der Waals surface area contributed by atoms with Crippen LogP contribution in [0.15, 0.2) is 56.4 Å². The topological polar surface area (TPSA) is 175 Å². The number of aliphatic imine (C=N–C) groups is 1. The molecule has 0 aliphatic carbocycles. The lowest BCUT2D eigenvalue weighted by Gasteiger charge is -2.15. The first-order valence-corrected chi connectivity index (χ1v) is 12.2. The number of hydrogen-bond donors (Lipinski definition) is 3. The molecule has 3 N–H and O–H groups in total. The van der Waals surface area contributed by atoms with Gasteiger partial charge in [0.05, 0.1) is 18.4 Å². The Hall–Kier alpha value is -3.55. The van der Waals surface area contributed by atoms with Gasteiger partial charge >= 0.3 is 0 Å². The number of aromatic hydroxyl groups is 2. The van der Waals surface area contributed by atoms with Gasteiger partial charge in [0, 0.05) is 18.4 Å². The number of benzene rings is 2. The summed E-state index contributed by atoms with van der Waals surface area (Å²) in [6.45, 7) is 12.2. The molecule has 0 radical (unpaired) electrons. The van der Waals surface area contributed by atoms with Crippen molar-refractivity contribution in [3.63, 3.8) is 0 Å². The number of methoxy groups -OCH3 is 1. The number of phenols is 2. The minimum absolute atomic E-state index is 0.0362. The van der Waals surface area contributed by atoms with Crippen molar-refractivity contribution in [3.8, 4) is 17.2 Å². The van der Waals surface area contributed by atoms with Gasteiger partial charge in [-0.2, -0.15) is 8.42 Å². The summed E-state index contributed by atoms with van der Waals surface area (Å²) >= 11 is 0. The van der Waals surface area contributed by atoms with Crippen molar-refractivity contribution in [1.82, 2.24) is 0 Å². The molecule has 0 aromatic heterocycles. The summed E-state index contributed by atoms with van der Waals surface area (Å²) in [5, 5.41) is 28.4. The van der Waals surface area contributed by atoms with Crippen LogP contribution in [0.4, 0.5) is 11.4 Å². The Balaban J connectivity index is 2.87. The van der Waals surface area contributed by atoms with Gasteiger partial charge < -0.3 is 14.9 Å². The number of allylic oxidation sites excluding steroid dienone is 1. The van der Waals surface area contributed by atoms with Crippen molar-refractivity contribution in [2.24, 2.45) is 15.2 Å². The van der Waals surface area contributed by atoms with Crippen LogP contribution in [-0.2, 0) is 20.0 Å². The van der Waals surface area contributed by atoms with E-state index < -0.39 is 42.0 Å². The predicted molar refractivity (Wildman–Crippen MR) is 123 cm³/mol. The van der Waals surface area contributed by atoms with Gasteiger partial charge in [0.25, 0.3) is 10.1 Å². The van der Waals surface area contributed by atoms with Crippen LogP contribution in [0.25, 0.3) is 11.3 Å². The van der Waals surface area contributed by atoms with E-state index in [1.807, 2.05) is 0 Å². The minimum atomic E-state index is -4.91. The Morgan fingerprint density at radius 3 is 2.09 bits per heavy atom. The Bertz CT molecular complexity index is 1430. The lowest BCUT2D eigenvalue weighted by Crippen LogP contribution is -2.02. The van der Waals surface area contributed by atoms with Crippen molar-refractivity contribution < 1.29 is 36.3 Å². The first-order chi connectivity index (χ1) is 15.1. The maximum atomic E-state index is 12.0. The molecule has 0 saturated carbocycles. The smallest absolute Gasteiger partial charge is 0.296 e. The van der Waals surface area contributed by atoms with Crippen molar-refractivity contribution in [3.05, 3.63) is 42.5 Å². The van der Waals surface area contributed by atoms with E-state index in [2.05, 4.69) is 35.1 Å². The van der Waals surface area contributed by atoms with E-state index >= 15 is 0 Å². The summed E-state index contributed by atoms with van der Waals surface area (Å²) in [5.41, 5.74) is -0.659. The van der Waals surface area contributed by atoms with E-state index in [0.717, 1.165) is 24.5 Å². The van der Waals surface area contributed by atoms with Gasteiger partial charge in [-0.15, -0.1) is 10.2 Å². The average Bonchev–Trinajstić information content (AvgIpc) is 2.70. The molecule has 0 unspecified atom stereocenters. The molecule has 0 heterocycles. The van der Waals surface area contributed by atoms with E-state index in [1.54, 1.807) is 0 Å². The third-order valence-electron chi connectivity index (χ3n) is 4.37. The molecule has 0 spiro atoms. The molecule has 13 heteroatoms. The molecule has 0 aliphatic rings. The molecule has 0 bridgehead atoms. The molecular weight excluding hydrogens is 474 g/mol. The number of rotatable bonds is 8. The average molecular weight is 496 g/mol. The molecule has 0 saturated heterocycles. The van der Waals surface area contributed by atoms with Gasteiger partial charge in [0.2, 0.25) is 0 Å². The largest absolute Gasteiger partial charge is 0.506 e. The SMILES string of the molecule is C=NC(=C)c1c(C(=C)C)cc(S(=O)(=O)O)c(N=Nc2cc(OC)c(S(C)(=O)=O)cc2O)c1O. The Kier molecular flexibility index (Phi) is 7.11. The van der Waals surface area contributed by atoms with Gasteiger partial charge in [-0.25, -0.2) is 8.42 Å². The number of sulfone groups is 1. The molecule has 2 aromatic carbocycles. The normalized spacial score (nSPS) is 12.0. The summed E-state index contributed by atoms with van der Waals surface area (Å²) in [4.78, 5) is 2.52. The van der Waals surface area contributed by atoms with Crippen molar-refractivity contribution in [1.29, 1.82) is 0 Å². The Morgan fingerprint density at radius 2 is 1.64 bits per heavy atom. The first-order valence-electron chi connectivity index (χ1n) is 8.85. The summed E-state index contributed by atoms with van der Waals surface area (Å²) < 4.78 is 62.4. The van der Waals surface area contributed by atoms with Crippen molar-refractivity contribution in [2.75, 3.05) is 13.4 Å². The van der Waals surface area contributed by atoms with E-state index in [4.69, 9.17) is 4.74 Å². The van der Waals surface area contributed by atoms with Crippen molar-refractivity contribution >= 4 is 49.3 Å². The second-order valence-corrected chi connectivity index (χ2v) is 10.2. The molecule has 33 heavy (non-hydrogen) atoms. The maximum Gasteiger partial charge on any atom is 0.296 e. The van der Waals surface area contributed by atoms with Crippen molar-refractivity contribution in [2.45, 2.75) is 16.7 Å². The summed E-state index contributed by atoms with van der Waals surface area (Å²) in [6.07, 6.45) is 0.910. The maximum absolute atomic E-state index is 12.0. The molecule has 176 valence electrons. The Labute approximate surface area is 190 Å². The van der Waals surface area contributed by atoms with Crippen LogP contribution < -0.4 is 4.74 Å². The zero-order chi connectivity index (χ0) is 25.3. The first kappa shape index (κ1) is 25.7. The monoisotopic (exact) mass is 495 g/mol. The van der Waals surface area contributed by atoms with Gasteiger partial charge in [0.15, 0.2) is 15.6 Å². The zero-order valence-corrected chi connectivity index (χ0v) is 19.5. The number of nitrogens with zero attached hydrogens (tertiary/aromatic N) is 3. The van der Waals surface area contributed by atoms with Crippen LogP contribution in [0.3, 0.4) is 0 Å². The molecule has 0 aliphatic heterocycles. The quantitative estimate of drug-likeness (QED) is 0.281. The number of hydrogen-bond acceptors (Lipinski definition) is 10. The Morgan fingerprint density at radius 1 is 1.03 bits per heavy atom. The fourth-order valence-electron chi connectivity index (χ4n) is 2.81. The molecule has 0 atom stereocenters. The minimum Gasteiger partial charge on any atom is -0.506 e. The number of phenolic OH excluding ortho intramolecular Hbond substituents is 2. The van der Waals surface area contributed by atoms with E-state index in [0.29, 0.717) is 5.57 Å². The number of azo groups is 1. The molecule has 0 fully saturated rings. The summed E-state index contributed by atoms with van der Waals surface area (Å²) in [7, 11) is -7.48. The fourth-order valence-corrected chi connectivity index (χ4v) is 4.29. The van der Waals surface area contributed by atoms with Crippen LogP contribution in [0, 0.1) is 0 Å². The van der Waals surface area contributed by atoms with Crippen LogP contribution in [-0.4, -0.2) is 51.7 Å². The van der Waals surface area contributed by atoms with E-state index in [1.165, 1.54) is 14.0 Å². The van der Waals surface area contributed by atoms with Crippen LogP contribution in [0.5, 0.6) is 17.2 Å². The fraction of sp³-hybridized carbons (Fsp3) is 0.150. The number of ether oxygens (including phenoxy) is 1. The summed E-state index contributed by atoms with van der Waals surface area (Å²) in [6, 6.07) is 2.93. The highest BCUT2D eigenvalue weighted by Crippen LogP contribution is 2.45. The standard InChI is InChI=1S/C20H21N3O8S2/c1-10(2)12-7-17(33(28,29)30)19(20(25)18(12)11(3)21-4)23-22-13-8-15(31-5)16(9-14(13)24)32(6,26)27/h7-9,24-25H,1,3-4H2,2,5-6H3,(H,28,29,30). The highest BCUT2D eigenvalue weighted by atomic mass is 32.2. The van der Waals surface area contributed by atoms with E-state index in [-0.39, 0.29) is 33.2 Å². The molecule has 11 nitrogen and oxygen atoms in total. The summed E-state index contributed by atoms with van der Waals surface area (Å²) in [5.74, 6) is -1.53. The van der Waals surface area contributed by atoms with Crippen LogP contribution >= 0.6 is 0 Å². The van der Waals surface area contributed by atoms with E-state index in [9.17, 15) is 31.6 Å². The molecular formula is C20H21N3O8S2. The lowest BCUT2D eigenvalue weighted by molar-refractivity contribution is 0.399. The second kappa shape index (κ2) is 9.13. The molecule has 2 aromatic rings. The lowest BCUT2D eigenvalue weighted by atomic mass is 9.98. The predicted octanol–water partition coefficient (Wildman–Crippen LogP) is 3.88. The van der Waals surface area contributed by atoms with Gasteiger partial charge in [-0.1, -0.05) is 18.7 Å². The highest BCUT2D eigenvalue weighted by Gasteiger charge is 2.26. The zero-order valence-electron chi connectivity index (χ0n) is 17.9. The third-order valence-corrected chi connectivity index (χ3v) is 6.36. The van der Waals surface area contributed by atoms with Gasteiger partial charge in [-0.05, 0) is 25.3 Å². The van der Waals surface area contributed by atoms with Crippen LogP contribution in [0.2, 0.25) is 0 Å². The highest BCUT2D eigenvalue weighted by molar-refractivity contribution is 7.90.